The predicted molar refractivity (Wildman–Crippen MR) is 79.5 cm³/mol. The number of hydrogen-bond acceptors (Lipinski definition) is 4. The predicted octanol–water partition coefficient (Wildman–Crippen LogP) is 2.83. The number of carbonyl (C=O) groups is 1. The van der Waals surface area contributed by atoms with Crippen molar-refractivity contribution in [2.75, 3.05) is 7.11 Å². The van der Waals surface area contributed by atoms with E-state index in [0.29, 0.717) is 0 Å². The van der Waals surface area contributed by atoms with Crippen LogP contribution in [0.25, 0.3) is 6.08 Å². The summed E-state index contributed by atoms with van der Waals surface area (Å²) >= 11 is 0. The summed E-state index contributed by atoms with van der Waals surface area (Å²) in [5, 5.41) is 11.2. The van der Waals surface area contributed by atoms with Crippen LogP contribution in [0.15, 0.2) is 18.2 Å². The summed E-state index contributed by atoms with van der Waals surface area (Å²) in [6.07, 6.45) is 3.83. The minimum atomic E-state index is -1.59. The molecule has 5 heteroatoms. The van der Waals surface area contributed by atoms with Crippen molar-refractivity contribution in [2.24, 2.45) is 5.92 Å². The van der Waals surface area contributed by atoms with Crippen molar-refractivity contribution in [1.29, 1.82) is 0 Å². The molecule has 5 nitrogen and oxygen atoms in total. The van der Waals surface area contributed by atoms with E-state index in [0.717, 1.165) is 16.7 Å². The van der Waals surface area contributed by atoms with Crippen molar-refractivity contribution in [1.82, 2.24) is 0 Å². The first-order valence-electron chi connectivity index (χ1n) is 6.82. The van der Waals surface area contributed by atoms with Gasteiger partial charge in [0.05, 0.1) is 13.0 Å². The zero-order valence-electron chi connectivity index (χ0n) is 12.7. The molecule has 21 heavy (non-hydrogen) atoms. The maximum absolute atomic E-state index is 11.6. The lowest BCUT2D eigenvalue weighted by Gasteiger charge is -2.07. The number of nitro groups is 1. The van der Waals surface area contributed by atoms with Crippen LogP contribution < -0.4 is 0 Å². The molecule has 1 fully saturated rings. The van der Waals surface area contributed by atoms with E-state index < -0.39 is 22.3 Å². The van der Waals surface area contributed by atoms with Crippen LogP contribution in [-0.2, 0) is 9.53 Å². The third-order valence-electron chi connectivity index (χ3n) is 4.08. The molecule has 0 heterocycles. The van der Waals surface area contributed by atoms with Gasteiger partial charge in [-0.05, 0) is 37.5 Å². The van der Waals surface area contributed by atoms with Gasteiger partial charge >= 0.3 is 11.5 Å². The fourth-order valence-corrected chi connectivity index (χ4v) is 2.87. The molecule has 0 amide bonds. The molecule has 112 valence electrons. The Balaban J connectivity index is 2.25. The first-order chi connectivity index (χ1) is 9.82. The maximum Gasteiger partial charge on any atom is 0.385 e. The number of benzene rings is 1. The van der Waals surface area contributed by atoms with Gasteiger partial charge in [0.25, 0.3) is 0 Å². The van der Waals surface area contributed by atoms with Crippen molar-refractivity contribution in [3.05, 3.63) is 50.6 Å². The van der Waals surface area contributed by atoms with Crippen LogP contribution >= 0.6 is 0 Å². The summed E-state index contributed by atoms with van der Waals surface area (Å²) in [7, 11) is 1.18. The zero-order chi connectivity index (χ0) is 15.8. The monoisotopic (exact) mass is 289 g/mol. The van der Waals surface area contributed by atoms with E-state index in [1.54, 1.807) is 6.08 Å². The van der Waals surface area contributed by atoms with E-state index in [1.807, 2.05) is 26.8 Å². The Bertz CT molecular complexity index is 612. The van der Waals surface area contributed by atoms with Gasteiger partial charge in [-0.25, -0.2) is 4.79 Å². The van der Waals surface area contributed by atoms with Crippen molar-refractivity contribution < 1.29 is 14.5 Å². The summed E-state index contributed by atoms with van der Waals surface area (Å²) in [4.78, 5) is 22.3. The number of methoxy groups -OCH3 is 1. The second-order valence-corrected chi connectivity index (χ2v) is 5.66. The lowest BCUT2D eigenvalue weighted by Crippen LogP contribution is -2.35. The number of hydrogen-bond donors (Lipinski definition) is 0. The molecule has 0 aromatic heterocycles. The van der Waals surface area contributed by atoms with Gasteiger partial charge in [0.2, 0.25) is 0 Å². The maximum atomic E-state index is 11.6. The van der Waals surface area contributed by atoms with Crippen molar-refractivity contribution in [3.63, 3.8) is 0 Å². The number of esters is 1. The molecule has 2 rings (SSSR count). The van der Waals surface area contributed by atoms with Crippen LogP contribution in [-0.4, -0.2) is 23.5 Å². The van der Waals surface area contributed by atoms with Crippen LogP contribution in [0.1, 0.15) is 28.7 Å². The zero-order valence-corrected chi connectivity index (χ0v) is 12.7. The van der Waals surface area contributed by atoms with E-state index in [-0.39, 0.29) is 6.42 Å². The molecule has 0 N–H and O–H groups in total. The molecule has 1 aromatic rings. The van der Waals surface area contributed by atoms with Gasteiger partial charge in [-0.3, -0.25) is 10.1 Å². The third-order valence-corrected chi connectivity index (χ3v) is 4.08. The Labute approximate surface area is 123 Å². The van der Waals surface area contributed by atoms with E-state index >= 15 is 0 Å². The molecular formula is C16H19NO4. The number of nitrogens with zero attached hydrogens (tertiary/aromatic N) is 1. The highest BCUT2D eigenvalue weighted by Crippen LogP contribution is 2.48. The van der Waals surface area contributed by atoms with Gasteiger partial charge in [0, 0.05) is 11.3 Å². The molecule has 0 bridgehead atoms. The summed E-state index contributed by atoms with van der Waals surface area (Å²) in [5.41, 5.74) is 2.89. The first-order valence-corrected chi connectivity index (χ1v) is 6.82. The van der Waals surface area contributed by atoms with Gasteiger partial charge in [0.15, 0.2) is 0 Å². The normalized spacial score (nSPS) is 24.1. The van der Waals surface area contributed by atoms with Gasteiger partial charge in [-0.2, -0.15) is 0 Å². The molecule has 0 unspecified atom stereocenters. The molecule has 1 aromatic carbocycles. The average Bonchev–Trinajstić information content (AvgIpc) is 3.12. The van der Waals surface area contributed by atoms with Crippen LogP contribution in [0.2, 0.25) is 0 Å². The Kier molecular flexibility index (Phi) is 3.85. The standard InChI is InChI=1S/C16H19NO4/c1-10-7-11(2)14(12(3)8-10)6-5-13-9-16(13,17(19)20)15(18)21-4/h5-8,13H,9H2,1-4H3/b6-5+/t13-,16-/m0/s1. The Morgan fingerprint density at radius 2 is 1.95 bits per heavy atom. The third kappa shape index (κ3) is 2.55. The molecule has 1 aliphatic rings. The van der Waals surface area contributed by atoms with Crippen molar-refractivity contribution in [3.8, 4) is 0 Å². The highest BCUT2D eigenvalue weighted by Gasteiger charge is 2.72. The molecule has 0 saturated heterocycles. The lowest BCUT2D eigenvalue weighted by molar-refractivity contribution is -0.528. The highest BCUT2D eigenvalue weighted by molar-refractivity contribution is 5.84. The average molecular weight is 289 g/mol. The molecule has 0 radical (unpaired) electrons. The fourth-order valence-electron chi connectivity index (χ4n) is 2.87. The van der Waals surface area contributed by atoms with E-state index in [4.69, 9.17) is 0 Å². The van der Waals surface area contributed by atoms with E-state index in [2.05, 4.69) is 16.9 Å². The largest absolute Gasteiger partial charge is 0.464 e. The highest BCUT2D eigenvalue weighted by atomic mass is 16.6. The van der Waals surface area contributed by atoms with Crippen molar-refractivity contribution in [2.45, 2.75) is 32.7 Å². The number of carbonyl (C=O) groups excluding carboxylic acids is 1. The molecule has 0 spiro atoms. The van der Waals surface area contributed by atoms with Crippen molar-refractivity contribution >= 4 is 12.0 Å². The van der Waals surface area contributed by atoms with Gasteiger partial charge in [0.1, 0.15) is 0 Å². The number of ether oxygens (including phenoxy) is 1. The smallest absolute Gasteiger partial charge is 0.385 e. The van der Waals surface area contributed by atoms with Gasteiger partial charge < -0.3 is 4.74 Å². The Morgan fingerprint density at radius 1 is 1.38 bits per heavy atom. The fraction of sp³-hybridized carbons (Fsp3) is 0.438. The summed E-state index contributed by atoms with van der Waals surface area (Å²) < 4.78 is 4.57. The Morgan fingerprint density at radius 3 is 2.43 bits per heavy atom. The van der Waals surface area contributed by atoms with Gasteiger partial charge in [-0.1, -0.05) is 29.8 Å². The minimum absolute atomic E-state index is 0.202. The number of rotatable bonds is 4. The molecule has 1 saturated carbocycles. The molecule has 2 atom stereocenters. The van der Waals surface area contributed by atoms with Crippen LogP contribution in [0.3, 0.4) is 0 Å². The van der Waals surface area contributed by atoms with Crippen LogP contribution in [0, 0.1) is 36.8 Å². The first kappa shape index (κ1) is 15.2. The second kappa shape index (κ2) is 5.31. The quantitative estimate of drug-likeness (QED) is 0.485. The Hall–Kier alpha value is -2.17. The second-order valence-electron chi connectivity index (χ2n) is 5.66. The summed E-state index contributed by atoms with van der Waals surface area (Å²) in [6.45, 7) is 6.05. The van der Waals surface area contributed by atoms with Gasteiger partial charge in [-0.15, -0.1) is 0 Å². The van der Waals surface area contributed by atoms with Crippen LogP contribution in [0.4, 0.5) is 0 Å². The minimum Gasteiger partial charge on any atom is -0.464 e. The van der Waals surface area contributed by atoms with E-state index in [9.17, 15) is 14.9 Å². The SMILES string of the molecule is COC(=O)[C@]1([N+](=O)[O-])C[C@@H]1/C=C/c1c(C)cc(C)cc1C. The van der Waals surface area contributed by atoms with Crippen LogP contribution in [0.5, 0.6) is 0 Å². The molecular weight excluding hydrogens is 270 g/mol. The lowest BCUT2D eigenvalue weighted by atomic mass is 9.99. The summed E-state index contributed by atoms with van der Waals surface area (Å²) in [6, 6.07) is 4.14. The molecule has 0 aliphatic heterocycles. The number of aryl methyl sites for hydroxylation is 3. The van der Waals surface area contributed by atoms with E-state index in [1.165, 1.54) is 12.7 Å². The topological polar surface area (TPSA) is 69.4 Å². The molecule has 1 aliphatic carbocycles. The summed E-state index contributed by atoms with van der Waals surface area (Å²) in [5.74, 6) is -1.17.